The number of nitrogens with two attached hydrogens (primary N) is 1. The standard InChI is InChI=1S/C17H28ClN3O.2ClH/c1-21(2)16(14-9-6-7-10-15(14)18)13-20-17(22)11-5-3-4-8-12-19;;/h6-7,9-10,16H,3-5,8,11-13,19H2,1-2H3,(H,20,22);2*1H. The number of halogens is 3. The van der Waals surface area contributed by atoms with Crippen LogP contribution < -0.4 is 11.1 Å². The Bertz CT molecular complexity index is 458. The first-order valence-electron chi connectivity index (χ1n) is 7.94. The Hall–Kier alpha value is -0.520. The Labute approximate surface area is 163 Å². The molecular formula is C17H30Cl3N3O. The van der Waals surface area contributed by atoms with Crippen LogP contribution in [0.15, 0.2) is 24.3 Å². The maximum absolute atomic E-state index is 11.9. The first-order valence-corrected chi connectivity index (χ1v) is 8.31. The van der Waals surface area contributed by atoms with Gasteiger partial charge in [0.25, 0.3) is 0 Å². The molecule has 0 aliphatic heterocycles. The molecule has 0 bridgehead atoms. The second-order valence-corrected chi connectivity index (χ2v) is 6.17. The highest BCUT2D eigenvalue weighted by Gasteiger charge is 2.17. The molecule has 1 amide bonds. The van der Waals surface area contributed by atoms with Crippen LogP contribution >= 0.6 is 36.4 Å². The Morgan fingerprint density at radius 3 is 2.38 bits per heavy atom. The number of rotatable bonds is 10. The summed E-state index contributed by atoms with van der Waals surface area (Å²) in [5.41, 5.74) is 6.49. The number of carbonyl (C=O) groups is 1. The second-order valence-electron chi connectivity index (χ2n) is 5.76. The molecule has 24 heavy (non-hydrogen) atoms. The fourth-order valence-electron chi connectivity index (χ4n) is 2.40. The summed E-state index contributed by atoms with van der Waals surface area (Å²) in [5.74, 6) is 0.103. The zero-order chi connectivity index (χ0) is 16.4. The summed E-state index contributed by atoms with van der Waals surface area (Å²) in [6.45, 7) is 1.30. The lowest BCUT2D eigenvalue weighted by molar-refractivity contribution is -0.121. The minimum Gasteiger partial charge on any atom is -0.354 e. The van der Waals surface area contributed by atoms with Crippen molar-refractivity contribution in [1.82, 2.24) is 10.2 Å². The molecule has 0 aromatic heterocycles. The van der Waals surface area contributed by atoms with Gasteiger partial charge in [0, 0.05) is 18.0 Å². The lowest BCUT2D eigenvalue weighted by Crippen LogP contribution is -2.34. The van der Waals surface area contributed by atoms with Gasteiger partial charge in [-0.1, -0.05) is 42.6 Å². The highest BCUT2D eigenvalue weighted by molar-refractivity contribution is 6.31. The van der Waals surface area contributed by atoms with Crippen molar-refractivity contribution in [2.75, 3.05) is 27.2 Å². The van der Waals surface area contributed by atoms with Crippen LogP contribution in [0.1, 0.15) is 43.7 Å². The molecule has 140 valence electrons. The smallest absolute Gasteiger partial charge is 0.220 e. The Balaban J connectivity index is 0. The average molecular weight is 399 g/mol. The maximum Gasteiger partial charge on any atom is 0.220 e. The van der Waals surface area contributed by atoms with Crippen LogP contribution in [-0.2, 0) is 4.79 Å². The molecule has 0 saturated heterocycles. The van der Waals surface area contributed by atoms with Gasteiger partial charge in [-0.25, -0.2) is 0 Å². The van der Waals surface area contributed by atoms with E-state index >= 15 is 0 Å². The van der Waals surface area contributed by atoms with Crippen LogP contribution in [0.2, 0.25) is 5.02 Å². The van der Waals surface area contributed by atoms with Crippen LogP contribution in [-0.4, -0.2) is 38.0 Å². The summed E-state index contributed by atoms with van der Waals surface area (Å²) in [6.07, 6.45) is 4.70. The van der Waals surface area contributed by atoms with Crippen molar-refractivity contribution in [2.45, 2.75) is 38.1 Å². The maximum atomic E-state index is 11.9. The zero-order valence-corrected chi connectivity index (χ0v) is 16.9. The number of nitrogens with one attached hydrogen (secondary N) is 1. The normalized spacial score (nSPS) is 11.4. The topological polar surface area (TPSA) is 58.4 Å². The summed E-state index contributed by atoms with van der Waals surface area (Å²) in [5, 5.41) is 3.75. The molecule has 1 aromatic rings. The molecule has 4 nitrogen and oxygen atoms in total. The van der Waals surface area contributed by atoms with Crippen LogP contribution in [0.4, 0.5) is 0 Å². The van der Waals surface area contributed by atoms with E-state index in [4.69, 9.17) is 17.3 Å². The molecule has 1 unspecified atom stereocenters. The fourth-order valence-corrected chi connectivity index (χ4v) is 2.66. The number of hydrogen-bond acceptors (Lipinski definition) is 3. The molecule has 3 N–H and O–H groups in total. The van der Waals surface area contributed by atoms with Gasteiger partial charge in [0.2, 0.25) is 5.91 Å². The molecular weight excluding hydrogens is 369 g/mol. The molecule has 0 fully saturated rings. The molecule has 0 aliphatic carbocycles. The number of unbranched alkanes of at least 4 members (excludes halogenated alkanes) is 3. The van der Waals surface area contributed by atoms with Crippen LogP contribution in [0.5, 0.6) is 0 Å². The van der Waals surface area contributed by atoms with Gasteiger partial charge < -0.3 is 16.0 Å². The van der Waals surface area contributed by atoms with Gasteiger partial charge in [0.15, 0.2) is 0 Å². The highest BCUT2D eigenvalue weighted by atomic mass is 35.5. The molecule has 0 radical (unpaired) electrons. The van der Waals surface area contributed by atoms with Gasteiger partial charge in [-0.15, -0.1) is 24.8 Å². The summed E-state index contributed by atoms with van der Waals surface area (Å²) in [7, 11) is 3.99. The van der Waals surface area contributed by atoms with Crippen LogP contribution in [0.3, 0.4) is 0 Å². The van der Waals surface area contributed by atoms with Gasteiger partial charge in [-0.3, -0.25) is 4.79 Å². The number of benzene rings is 1. The van der Waals surface area contributed by atoms with E-state index in [1.165, 1.54) is 0 Å². The first-order chi connectivity index (χ1) is 10.6. The third-order valence-corrected chi connectivity index (χ3v) is 4.08. The monoisotopic (exact) mass is 397 g/mol. The Morgan fingerprint density at radius 1 is 1.17 bits per heavy atom. The average Bonchev–Trinajstić information content (AvgIpc) is 2.48. The molecule has 1 rings (SSSR count). The summed E-state index contributed by atoms with van der Waals surface area (Å²) >= 11 is 6.26. The van der Waals surface area contributed by atoms with Crippen molar-refractivity contribution in [2.24, 2.45) is 5.73 Å². The Morgan fingerprint density at radius 2 is 1.79 bits per heavy atom. The molecule has 1 atom stereocenters. The quantitative estimate of drug-likeness (QED) is 0.589. The number of carbonyl (C=O) groups excluding carboxylic acids is 1. The third kappa shape index (κ3) is 9.70. The number of nitrogens with zero attached hydrogens (tertiary/aromatic N) is 1. The SMILES string of the molecule is CN(C)C(CNC(=O)CCCCCCN)c1ccccc1Cl.Cl.Cl. The van der Waals surface area contributed by atoms with Gasteiger partial charge in [-0.05, 0) is 45.1 Å². The van der Waals surface area contributed by atoms with E-state index < -0.39 is 0 Å². The van der Waals surface area contributed by atoms with Crippen molar-refractivity contribution in [3.8, 4) is 0 Å². The summed E-state index contributed by atoms with van der Waals surface area (Å²) in [4.78, 5) is 14.0. The largest absolute Gasteiger partial charge is 0.354 e. The van der Waals surface area contributed by atoms with Crippen LogP contribution in [0.25, 0.3) is 0 Å². The van der Waals surface area contributed by atoms with Gasteiger partial charge in [0.05, 0.1) is 6.04 Å². The lowest BCUT2D eigenvalue weighted by atomic mass is 10.1. The second kappa shape index (κ2) is 14.8. The summed E-state index contributed by atoms with van der Waals surface area (Å²) < 4.78 is 0. The van der Waals surface area contributed by atoms with Crippen molar-refractivity contribution in [3.63, 3.8) is 0 Å². The van der Waals surface area contributed by atoms with Gasteiger partial charge >= 0.3 is 0 Å². The molecule has 7 heteroatoms. The van der Waals surface area contributed by atoms with E-state index in [-0.39, 0.29) is 36.8 Å². The fraction of sp³-hybridized carbons (Fsp3) is 0.588. The van der Waals surface area contributed by atoms with E-state index in [1.54, 1.807) is 0 Å². The van der Waals surface area contributed by atoms with E-state index in [1.807, 2.05) is 38.4 Å². The van der Waals surface area contributed by atoms with E-state index in [0.717, 1.165) is 42.8 Å². The van der Waals surface area contributed by atoms with Crippen molar-refractivity contribution < 1.29 is 4.79 Å². The van der Waals surface area contributed by atoms with Crippen molar-refractivity contribution in [1.29, 1.82) is 0 Å². The third-order valence-electron chi connectivity index (χ3n) is 3.74. The van der Waals surface area contributed by atoms with Crippen molar-refractivity contribution >= 4 is 42.3 Å². The predicted octanol–water partition coefficient (Wildman–Crippen LogP) is 3.81. The zero-order valence-electron chi connectivity index (χ0n) is 14.5. The Kier molecular flexibility index (Phi) is 15.9. The van der Waals surface area contributed by atoms with E-state index in [9.17, 15) is 4.79 Å². The molecule has 1 aromatic carbocycles. The number of likely N-dealkylation sites (N-methyl/N-ethyl adjacent to an activating group) is 1. The minimum atomic E-state index is 0. The minimum absolute atomic E-state index is 0. The molecule has 0 heterocycles. The molecule has 0 spiro atoms. The van der Waals surface area contributed by atoms with Crippen molar-refractivity contribution in [3.05, 3.63) is 34.9 Å². The lowest BCUT2D eigenvalue weighted by Gasteiger charge is -2.26. The van der Waals surface area contributed by atoms with Crippen LogP contribution in [0, 0.1) is 0 Å². The van der Waals surface area contributed by atoms with E-state index in [0.29, 0.717) is 13.0 Å². The molecule has 0 saturated carbocycles. The number of amides is 1. The highest BCUT2D eigenvalue weighted by Crippen LogP contribution is 2.25. The first kappa shape index (κ1) is 25.7. The van der Waals surface area contributed by atoms with Gasteiger partial charge in [-0.2, -0.15) is 0 Å². The predicted molar refractivity (Wildman–Crippen MR) is 108 cm³/mol. The molecule has 0 aliphatic rings. The van der Waals surface area contributed by atoms with Gasteiger partial charge in [0.1, 0.15) is 0 Å². The van der Waals surface area contributed by atoms with E-state index in [2.05, 4.69) is 10.2 Å². The number of hydrogen-bond donors (Lipinski definition) is 2. The summed E-state index contributed by atoms with van der Waals surface area (Å²) in [6, 6.07) is 7.85.